The van der Waals surface area contributed by atoms with Gasteiger partial charge in [0, 0.05) is 11.0 Å². The molecule has 0 spiro atoms. The van der Waals surface area contributed by atoms with E-state index in [0.29, 0.717) is 11.6 Å². The fourth-order valence-electron chi connectivity index (χ4n) is 1.90. The van der Waals surface area contributed by atoms with E-state index in [1.807, 2.05) is 42.5 Å². The third-order valence-electron chi connectivity index (χ3n) is 3.26. The third kappa shape index (κ3) is 4.22. The highest BCUT2D eigenvalue weighted by atomic mass is 79.9. The van der Waals surface area contributed by atoms with Gasteiger partial charge in [-0.1, -0.05) is 51.8 Å². The molecule has 0 aromatic heterocycles. The highest BCUT2D eigenvalue weighted by molar-refractivity contribution is 9.10. The molecule has 0 heterocycles. The van der Waals surface area contributed by atoms with Gasteiger partial charge in [0.05, 0.1) is 16.6 Å². The molecular formula is C16H15BrClNO2. The number of hydrogen-bond acceptors (Lipinski definition) is 2. The summed E-state index contributed by atoms with van der Waals surface area (Å²) in [7, 11) is 0. The average Bonchev–Trinajstić information content (AvgIpc) is 2.48. The Morgan fingerprint density at radius 2 is 1.95 bits per heavy atom. The van der Waals surface area contributed by atoms with E-state index in [1.54, 1.807) is 6.92 Å². The van der Waals surface area contributed by atoms with Crippen LogP contribution in [-0.2, 0) is 11.3 Å². The number of rotatable bonds is 5. The zero-order valence-electron chi connectivity index (χ0n) is 11.4. The molecule has 2 N–H and O–H groups in total. The minimum atomic E-state index is -0.818. The molecule has 110 valence electrons. The second-order valence-electron chi connectivity index (χ2n) is 4.78. The lowest BCUT2D eigenvalue weighted by Crippen LogP contribution is -2.07. The highest BCUT2D eigenvalue weighted by Crippen LogP contribution is 2.26. The molecule has 2 rings (SSSR count). The zero-order chi connectivity index (χ0) is 15.4. The lowest BCUT2D eigenvalue weighted by atomic mass is 10.00. The van der Waals surface area contributed by atoms with Crippen LogP contribution in [0, 0.1) is 0 Å². The molecule has 0 amide bonds. The average molecular weight is 369 g/mol. The quantitative estimate of drug-likeness (QED) is 0.789. The van der Waals surface area contributed by atoms with Crippen molar-refractivity contribution in [1.82, 2.24) is 0 Å². The maximum Gasteiger partial charge on any atom is 0.310 e. The van der Waals surface area contributed by atoms with Crippen molar-refractivity contribution >= 4 is 39.2 Å². The largest absolute Gasteiger partial charge is 0.481 e. The van der Waals surface area contributed by atoms with E-state index in [4.69, 9.17) is 16.7 Å². The molecule has 0 aliphatic rings. The predicted octanol–water partition coefficient (Wildman–Crippen LogP) is 4.90. The first-order valence-electron chi connectivity index (χ1n) is 6.48. The Labute approximate surface area is 137 Å². The summed E-state index contributed by atoms with van der Waals surface area (Å²) in [6.07, 6.45) is 0. The van der Waals surface area contributed by atoms with Crippen LogP contribution in [0.1, 0.15) is 24.0 Å². The molecule has 0 saturated heterocycles. The Kier molecular flexibility index (Phi) is 5.26. The molecule has 2 aromatic rings. The van der Waals surface area contributed by atoms with E-state index in [9.17, 15) is 4.79 Å². The lowest BCUT2D eigenvalue weighted by molar-refractivity contribution is -0.138. The van der Waals surface area contributed by atoms with Crippen LogP contribution in [0.2, 0.25) is 5.02 Å². The Morgan fingerprint density at radius 1 is 1.29 bits per heavy atom. The van der Waals surface area contributed by atoms with Crippen LogP contribution < -0.4 is 5.32 Å². The molecule has 0 aliphatic carbocycles. The van der Waals surface area contributed by atoms with Crippen molar-refractivity contribution in [3.05, 3.63) is 63.1 Å². The molecule has 0 aliphatic heterocycles. The van der Waals surface area contributed by atoms with Crippen LogP contribution in [0.15, 0.2) is 46.9 Å². The minimum absolute atomic E-state index is 0.494. The first-order chi connectivity index (χ1) is 9.97. The first-order valence-corrected chi connectivity index (χ1v) is 7.65. The Bertz CT molecular complexity index is 643. The van der Waals surface area contributed by atoms with Crippen LogP contribution in [0.5, 0.6) is 0 Å². The number of carbonyl (C=O) groups is 1. The van der Waals surface area contributed by atoms with E-state index < -0.39 is 11.9 Å². The summed E-state index contributed by atoms with van der Waals surface area (Å²) in [6, 6.07) is 13.2. The molecule has 0 saturated carbocycles. The smallest absolute Gasteiger partial charge is 0.310 e. The van der Waals surface area contributed by atoms with Gasteiger partial charge in [0.15, 0.2) is 0 Å². The van der Waals surface area contributed by atoms with Gasteiger partial charge in [0.2, 0.25) is 0 Å². The van der Waals surface area contributed by atoms with Crippen LogP contribution in [0.3, 0.4) is 0 Å². The van der Waals surface area contributed by atoms with Gasteiger partial charge < -0.3 is 10.4 Å². The van der Waals surface area contributed by atoms with Gasteiger partial charge in [0.25, 0.3) is 0 Å². The van der Waals surface area contributed by atoms with Crippen LogP contribution in [-0.4, -0.2) is 11.1 Å². The van der Waals surface area contributed by atoms with Gasteiger partial charge >= 0.3 is 5.97 Å². The van der Waals surface area contributed by atoms with E-state index in [-0.39, 0.29) is 0 Å². The predicted molar refractivity (Wildman–Crippen MR) is 89.0 cm³/mol. The van der Waals surface area contributed by atoms with Gasteiger partial charge in [-0.2, -0.15) is 0 Å². The van der Waals surface area contributed by atoms with Crippen molar-refractivity contribution in [2.45, 2.75) is 19.4 Å². The molecular weight excluding hydrogens is 354 g/mol. The number of carboxylic acid groups (broad SMARTS) is 1. The number of hydrogen-bond donors (Lipinski definition) is 2. The number of aliphatic carboxylic acids is 1. The van der Waals surface area contributed by atoms with Crippen LogP contribution in [0.25, 0.3) is 0 Å². The van der Waals surface area contributed by atoms with Crippen LogP contribution in [0.4, 0.5) is 5.69 Å². The Hall–Kier alpha value is -1.52. The van der Waals surface area contributed by atoms with Crippen molar-refractivity contribution in [2.24, 2.45) is 0 Å². The van der Waals surface area contributed by atoms with Gasteiger partial charge in [0.1, 0.15) is 0 Å². The summed E-state index contributed by atoms with van der Waals surface area (Å²) >= 11 is 9.52. The van der Waals surface area contributed by atoms with Gasteiger partial charge in [-0.05, 0) is 36.2 Å². The van der Waals surface area contributed by atoms with E-state index >= 15 is 0 Å². The molecule has 3 nitrogen and oxygen atoms in total. The number of benzene rings is 2. The standard InChI is InChI=1S/C16H15BrClNO2/c1-10(16(20)21)12-4-2-11(3-5-12)9-19-15-8-13(17)6-7-14(15)18/h2-8,10,19H,9H2,1H3,(H,20,21). The number of carboxylic acids is 1. The van der Waals surface area contributed by atoms with E-state index in [1.165, 1.54) is 0 Å². The van der Waals surface area contributed by atoms with Crippen molar-refractivity contribution in [1.29, 1.82) is 0 Å². The van der Waals surface area contributed by atoms with Crippen molar-refractivity contribution in [2.75, 3.05) is 5.32 Å². The Balaban J connectivity index is 2.04. The summed E-state index contributed by atoms with van der Waals surface area (Å²) in [4.78, 5) is 10.9. The maximum atomic E-state index is 10.9. The summed E-state index contributed by atoms with van der Waals surface area (Å²) in [5.41, 5.74) is 2.72. The summed E-state index contributed by atoms with van der Waals surface area (Å²) in [5, 5.41) is 12.9. The highest BCUT2D eigenvalue weighted by Gasteiger charge is 2.12. The zero-order valence-corrected chi connectivity index (χ0v) is 13.8. The molecule has 21 heavy (non-hydrogen) atoms. The maximum absolute atomic E-state index is 10.9. The van der Waals surface area contributed by atoms with E-state index in [2.05, 4.69) is 21.2 Å². The number of anilines is 1. The fourth-order valence-corrected chi connectivity index (χ4v) is 2.44. The van der Waals surface area contributed by atoms with Crippen molar-refractivity contribution in [3.8, 4) is 0 Å². The van der Waals surface area contributed by atoms with Gasteiger partial charge in [-0.3, -0.25) is 4.79 Å². The summed E-state index contributed by atoms with van der Waals surface area (Å²) in [5.74, 6) is -1.31. The van der Waals surface area contributed by atoms with Crippen LogP contribution >= 0.6 is 27.5 Å². The van der Waals surface area contributed by atoms with E-state index in [0.717, 1.165) is 21.3 Å². The molecule has 0 fully saturated rings. The normalized spacial score (nSPS) is 12.0. The molecule has 2 aromatic carbocycles. The SMILES string of the molecule is CC(C(=O)O)c1ccc(CNc2cc(Br)ccc2Cl)cc1. The second kappa shape index (κ2) is 6.96. The lowest BCUT2D eigenvalue weighted by Gasteiger charge is -2.11. The number of nitrogens with one attached hydrogen (secondary N) is 1. The topological polar surface area (TPSA) is 49.3 Å². The molecule has 1 unspecified atom stereocenters. The molecule has 1 atom stereocenters. The molecule has 0 bridgehead atoms. The Morgan fingerprint density at radius 3 is 2.57 bits per heavy atom. The van der Waals surface area contributed by atoms with Gasteiger partial charge in [-0.15, -0.1) is 0 Å². The molecule has 5 heteroatoms. The summed E-state index contributed by atoms with van der Waals surface area (Å²) < 4.78 is 0.958. The van der Waals surface area contributed by atoms with Crippen molar-refractivity contribution < 1.29 is 9.90 Å². The fraction of sp³-hybridized carbons (Fsp3) is 0.188. The third-order valence-corrected chi connectivity index (χ3v) is 4.08. The second-order valence-corrected chi connectivity index (χ2v) is 6.10. The first kappa shape index (κ1) is 15.9. The summed E-state index contributed by atoms with van der Waals surface area (Å²) in [6.45, 7) is 2.30. The molecule has 0 radical (unpaired) electrons. The minimum Gasteiger partial charge on any atom is -0.481 e. The van der Waals surface area contributed by atoms with Crippen molar-refractivity contribution in [3.63, 3.8) is 0 Å². The monoisotopic (exact) mass is 367 g/mol. The van der Waals surface area contributed by atoms with Gasteiger partial charge in [-0.25, -0.2) is 0 Å². The number of halogens is 2.